The van der Waals surface area contributed by atoms with Crippen LogP contribution in [-0.4, -0.2) is 52.3 Å². The largest absolute Gasteiger partial charge is 0.493 e. The van der Waals surface area contributed by atoms with Gasteiger partial charge in [-0.25, -0.2) is 0 Å². The zero-order valence-electron chi connectivity index (χ0n) is 21.2. The highest BCUT2D eigenvalue weighted by atomic mass is 32.2. The Balaban J connectivity index is 1.27. The number of amides is 1. The SMILES string of the molecule is C=CCc1ccccc1OCCOc1ccc(/C=C2/C(=N)N3N=C(c4cccnc4)SC3=NC2=O)cc1OC. The van der Waals surface area contributed by atoms with Gasteiger partial charge in [-0.1, -0.05) is 30.3 Å². The second-order valence-electron chi connectivity index (χ2n) is 8.37. The van der Waals surface area contributed by atoms with Gasteiger partial charge in [0.1, 0.15) is 24.0 Å². The fraction of sp³-hybridized carbons (Fsp3) is 0.138. The van der Waals surface area contributed by atoms with Crippen molar-refractivity contribution in [3.05, 3.63) is 102 Å². The first-order valence-corrected chi connectivity index (χ1v) is 12.9. The van der Waals surface area contributed by atoms with Crippen LogP contribution in [0, 0.1) is 5.41 Å². The summed E-state index contributed by atoms with van der Waals surface area (Å²) in [5, 5.41) is 15.4. The smallest absolute Gasteiger partial charge is 0.283 e. The van der Waals surface area contributed by atoms with Gasteiger partial charge in [0.05, 0.1) is 12.7 Å². The van der Waals surface area contributed by atoms with Gasteiger partial charge < -0.3 is 14.2 Å². The Morgan fingerprint density at radius 3 is 2.64 bits per heavy atom. The minimum absolute atomic E-state index is 0.0513. The van der Waals surface area contributed by atoms with Crippen LogP contribution in [0.3, 0.4) is 0 Å². The summed E-state index contributed by atoms with van der Waals surface area (Å²) in [4.78, 5) is 21.1. The van der Waals surface area contributed by atoms with E-state index in [-0.39, 0.29) is 11.4 Å². The number of pyridine rings is 1. The van der Waals surface area contributed by atoms with E-state index in [4.69, 9.17) is 19.6 Å². The summed E-state index contributed by atoms with van der Waals surface area (Å²) in [6, 6.07) is 16.8. The number of para-hydroxylation sites is 1. The molecule has 1 aromatic heterocycles. The van der Waals surface area contributed by atoms with Gasteiger partial charge in [-0.2, -0.15) is 15.1 Å². The highest BCUT2D eigenvalue weighted by Gasteiger charge is 2.36. The standard InChI is InChI=1S/C29H25N5O4S/c1-3-7-20-8-4-5-10-23(20)37-14-15-38-24-12-11-19(17-25(24)36-2)16-22-26(30)34-29(32-27(22)35)39-28(33-34)21-9-6-13-31-18-21/h3-6,8-13,16-18,30H,1,7,14-15H2,2H3/b22-16-,30-26?. The van der Waals surface area contributed by atoms with E-state index < -0.39 is 5.91 Å². The molecule has 0 radical (unpaired) electrons. The number of hydrogen-bond acceptors (Lipinski definition) is 8. The molecule has 1 amide bonds. The van der Waals surface area contributed by atoms with Crippen LogP contribution < -0.4 is 14.2 Å². The van der Waals surface area contributed by atoms with Gasteiger partial charge in [0.15, 0.2) is 17.3 Å². The molecule has 0 atom stereocenters. The van der Waals surface area contributed by atoms with Crippen LogP contribution in [0.25, 0.3) is 6.08 Å². The second kappa shape index (κ2) is 11.8. The molecule has 2 aliphatic heterocycles. The minimum Gasteiger partial charge on any atom is -0.493 e. The number of methoxy groups -OCH3 is 1. The third-order valence-corrected chi connectivity index (χ3v) is 6.75. The Morgan fingerprint density at radius 2 is 1.87 bits per heavy atom. The van der Waals surface area contributed by atoms with Gasteiger partial charge in [-0.05, 0) is 65.7 Å². The average molecular weight is 540 g/mol. The number of ether oxygens (including phenoxy) is 3. The quantitative estimate of drug-likeness (QED) is 0.221. The molecule has 9 nitrogen and oxygen atoms in total. The number of carbonyl (C=O) groups is 1. The Labute approximate surface area is 230 Å². The Bertz CT molecular complexity index is 1520. The fourth-order valence-electron chi connectivity index (χ4n) is 3.93. The molecule has 0 aliphatic carbocycles. The summed E-state index contributed by atoms with van der Waals surface area (Å²) < 4.78 is 17.3. The predicted octanol–water partition coefficient (Wildman–Crippen LogP) is 4.94. The topological polar surface area (TPSA) is 109 Å². The maximum Gasteiger partial charge on any atom is 0.283 e. The van der Waals surface area contributed by atoms with Gasteiger partial charge in [0.2, 0.25) is 5.17 Å². The predicted molar refractivity (Wildman–Crippen MR) is 153 cm³/mol. The molecule has 3 heterocycles. The summed E-state index contributed by atoms with van der Waals surface area (Å²) in [6.07, 6.45) is 7.51. The monoisotopic (exact) mass is 539 g/mol. The molecule has 0 fully saturated rings. The number of hydrazone groups is 1. The van der Waals surface area contributed by atoms with E-state index in [2.05, 4.69) is 21.7 Å². The molecular weight excluding hydrogens is 514 g/mol. The van der Waals surface area contributed by atoms with E-state index in [1.165, 1.54) is 16.8 Å². The van der Waals surface area contributed by atoms with Crippen molar-refractivity contribution in [3.8, 4) is 17.2 Å². The third-order valence-electron chi connectivity index (χ3n) is 5.80. The summed E-state index contributed by atoms with van der Waals surface area (Å²) in [6.45, 7) is 4.45. The van der Waals surface area contributed by atoms with Crippen LogP contribution >= 0.6 is 11.8 Å². The number of allylic oxidation sites excluding steroid dienone is 1. The molecule has 0 unspecified atom stereocenters. The number of aliphatic imine (C=N–C) groups is 1. The van der Waals surface area contributed by atoms with Crippen LogP contribution in [0.2, 0.25) is 0 Å². The lowest BCUT2D eigenvalue weighted by atomic mass is 10.1. The molecule has 1 N–H and O–H groups in total. The number of nitrogens with zero attached hydrogens (tertiary/aromatic N) is 4. The summed E-state index contributed by atoms with van der Waals surface area (Å²) in [5.74, 6) is 1.27. The van der Waals surface area contributed by atoms with Crippen LogP contribution in [0.5, 0.6) is 17.2 Å². The molecule has 0 spiro atoms. The number of thioether (sulfide) groups is 1. The van der Waals surface area contributed by atoms with E-state index in [1.54, 1.807) is 49.8 Å². The molecule has 2 aliphatic rings. The summed E-state index contributed by atoms with van der Waals surface area (Å²) in [7, 11) is 1.54. The number of benzene rings is 2. The van der Waals surface area contributed by atoms with Crippen LogP contribution in [0.15, 0.2) is 95.3 Å². The Hall–Kier alpha value is -4.70. The van der Waals surface area contributed by atoms with Gasteiger partial charge in [-0.3, -0.25) is 15.2 Å². The number of amidine groups is 2. The van der Waals surface area contributed by atoms with E-state index in [9.17, 15) is 4.79 Å². The van der Waals surface area contributed by atoms with E-state index in [0.717, 1.165) is 23.3 Å². The van der Waals surface area contributed by atoms with Crippen LogP contribution in [0.4, 0.5) is 0 Å². The number of aromatic nitrogens is 1. The van der Waals surface area contributed by atoms with Gasteiger partial charge in [-0.15, -0.1) is 6.58 Å². The van der Waals surface area contributed by atoms with E-state index in [1.807, 2.05) is 36.4 Å². The van der Waals surface area contributed by atoms with Crippen molar-refractivity contribution in [2.75, 3.05) is 20.3 Å². The van der Waals surface area contributed by atoms with Crippen molar-refractivity contribution >= 4 is 39.8 Å². The zero-order valence-corrected chi connectivity index (χ0v) is 22.0. The van der Waals surface area contributed by atoms with Crippen molar-refractivity contribution < 1.29 is 19.0 Å². The molecule has 0 saturated heterocycles. The molecule has 2 aromatic carbocycles. The second-order valence-corrected chi connectivity index (χ2v) is 9.33. The maximum atomic E-state index is 12.8. The lowest BCUT2D eigenvalue weighted by Crippen LogP contribution is -2.35. The van der Waals surface area contributed by atoms with Crippen LogP contribution in [0.1, 0.15) is 16.7 Å². The lowest BCUT2D eigenvalue weighted by Gasteiger charge is -2.20. The minimum atomic E-state index is -0.505. The molecular formula is C29H25N5O4S. The number of hydrogen-bond donors (Lipinski definition) is 1. The molecule has 5 rings (SSSR count). The Morgan fingerprint density at radius 1 is 1.05 bits per heavy atom. The maximum absolute atomic E-state index is 12.8. The molecule has 0 saturated carbocycles. The fourth-order valence-corrected chi connectivity index (χ4v) is 4.81. The molecule has 3 aromatic rings. The number of rotatable bonds is 10. The average Bonchev–Trinajstić information content (AvgIpc) is 3.39. The molecule has 10 heteroatoms. The summed E-state index contributed by atoms with van der Waals surface area (Å²) in [5.41, 5.74) is 2.63. The van der Waals surface area contributed by atoms with Crippen molar-refractivity contribution in [2.45, 2.75) is 6.42 Å². The third kappa shape index (κ3) is 5.75. The van der Waals surface area contributed by atoms with Crippen LogP contribution in [-0.2, 0) is 11.2 Å². The van der Waals surface area contributed by atoms with E-state index >= 15 is 0 Å². The number of carbonyl (C=O) groups excluding carboxylic acids is 1. The van der Waals surface area contributed by atoms with Crippen molar-refractivity contribution in [1.29, 1.82) is 5.41 Å². The molecule has 39 heavy (non-hydrogen) atoms. The van der Waals surface area contributed by atoms with Gasteiger partial charge >= 0.3 is 0 Å². The van der Waals surface area contributed by atoms with Gasteiger partial charge in [0, 0.05) is 18.0 Å². The lowest BCUT2D eigenvalue weighted by molar-refractivity contribution is -0.114. The number of fused-ring (bicyclic) bond motifs is 1. The molecule has 0 bridgehead atoms. The highest BCUT2D eigenvalue weighted by Crippen LogP contribution is 2.32. The van der Waals surface area contributed by atoms with Gasteiger partial charge in [0.25, 0.3) is 5.91 Å². The normalized spacial score (nSPS) is 15.5. The zero-order chi connectivity index (χ0) is 27.2. The summed E-state index contributed by atoms with van der Waals surface area (Å²) >= 11 is 1.23. The van der Waals surface area contributed by atoms with E-state index in [0.29, 0.717) is 40.5 Å². The van der Waals surface area contributed by atoms with Crippen molar-refractivity contribution in [1.82, 2.24) is 9.99 Å². The molecule has 196 valence electrons. The highest BCUT2D eigenvalue weighted by molar-refractivity contribution is 8.27. The number of nitrogens with one attached hydrogen (secondary N) is 1. The first-order valence-electron chi connectivity index (χ1n) is 12.1. The van der Waals surface area contributed by atoms with Crippen molar-refractivity contribution in [2.24, 2.45) is 10.1 Å². The first kappa shape index (κ1) is 25.9. The van der Waals surface area contributed by atoms with Crippen molar-refractivity contribution in [3.63, 3.8) is 0 Å². The first-order chi connectivity index (χ1) is 19.1. The Kier molecular flexibility index (Phi) is 7.83.